The summed E-state index contributed by atoms with van der Waals surface area (Å²) >= 11 is 2.13. The average molecular weight is 515 g/mol. The van der Waals surface area contributed by atoms with E-state index in [0.29, 0.717) is 12.1 Å². The minimum Gasteiger partial charge on any atom is -0.0936 e. The molecule has 3 rings (SSSR count). The predicted octanol–water partition coefficient (Wildman–Crippen LogP) is 8.04. The molecule has 0 nitrogen and oxygen atoms in total. The Bertz CT molecular complexity index is 926. The van der Waals surface area contributed by atoms with Crippen LogP contribution in [0, 0.1) is 3.57 Å². The van der Waals surface area contributed by atoms with Crippen molar-refractivity contribution >= 4 is 43.7 Å². The largest absolute Gasteiger partial charge is 0.310 e. The molecule has 3 aromatic carbocycles. The summed E-state index contributed by atoms with van der Waals surface area (Å²) in [5.74, 6) is 0. The lowest BCUT2D eigenvalue weighted by Crippen LogP contribution is -2.09. The molecule has 0 radical (unpaired) electrons. The van der Waals surface area contributed by atoms with E-state index in [2.05, 4.69) is 22.6 Å². The Balaban J connectivity index is 2.20. The molecule has 0 N–H and O–H groups in total. The zero-order chi connectivity index (χ0) is 19.1. The first-order valence-corrected chi connectivity index (χ1v) is 11.6. The van der Waals surface area contributed by atoms with E-state index in [0.717, 1.165) is 19.4 Å². The molecule has 138 valence electrons. The molecule has 3 aromatic rings. The molecule has 0 aromatic heterocycles. The SMILES string of the molecule is FS(F)(F)(F)(F)c1cccc([S+](c2ccccc2)c2ccc(I)cc2)c1. The molecule has 0 bridgehead atoms. The molecule has 26 heavy (non-hydrogen) atoms. The van der Waals surface area contributed by atoms with Gasteiger partial charge in [0.05, 0.1) is 10.9 Å². The van der Waals surface area contributed by atoms with Crippen molar-refractivity contribution in [2.24, 2.45) is 0 Å². The number of rotatable bonds is 4. The Morgan fingerprint density at radius 1 is 0.615 bits per heavy atom. The minimum absolute atomic E-state index is 0.197. The number of halogens is 6. The van der Waals surface area contributed by atoms with Gasteiger partial charge in [0.1, 0.15) is 4.90 Å². The molecule has 0 saturated carbocycles. The van der Waals surface area contributed by atoms with Crippen LogP contribution in [0.5, 0.6) is 0 Å². The van der Waals surface area contributed by atoms with E-state index in [9.17, 15) is 19.4 Å². The van der Waals surface area contributed by atoms with Crippen molar-refractivity contribution in [2.45, 2.75) is 19.6 Å². The van der Waals surface area contributed by atoms with E-state index in [4.69, 9.17) is 0 Å². The van der Waals surface area contributed by atoms with Gasteiger partial charge < -0.3 is 0 Å². The third-order valence-electron chi connectivity index (χ3n) is 3.51. The molecule has 8 heteroatoms. The monoisotopic (exact) mass is 515 g/mol. The lowest BCUT2D eigenvalue weighted by Gasteiger charge is -2.40. The first kappa shape index (κ1) is 19.5. The van der Waals surface area contributed by atoms with Crippen LogP contribution >= 0.6 is 32.8 Å². The van der Waals surface area contributed by atoms with Gasteiger partial charge in [-0.15, -0.1) is 0 Å². The summed E-state index contributed by atoms with van der Waals surface area (Å²) < 4.78 is 67.2. The summed E-state index contributed by atoms with van der Waals surface area (Å²) in [7, 11) is -10.7. The summed E-state index contributed by atoms with van der Waals surface area (Å²) in [6.45, 7) is 0. The fraction of sp³-hybridized carbons (Fsp3) is 0. The maximum atomic E-state index is 13.3. The summed E-state index contributed by atoms with van der Waals surface area (Å²) in [5.41, 5.74) is 0. The average Bonchev–Trinajstić information content (AvgIpc) is 2.56. The lowest BCUT2D eigenvalue weighted by atomic mass is 10.4. The first-order valence-electron chi connectivity index (χ1n) is 7.33. The molecule has 1 unspecified atom stereocenters. The van der Waals surface area contributed by atoms with Gasteiger partial charge in [0, 0.05) is 9.64 Å². The Morgan fingerprint density at radius 2 is 1.15 bits per heavy atom. The summed E-state index contributed by atoms with van der Waals surface area (Å²) in [5, 5.41) is 0. The highest BCUT2D eigenvalue weighted by Gasteiger charge is 2.65. The van der Waals surface area contributed by atoms with Crippen molar-refractivity contribution in [1.29, 1.82) is 0 Å². The van der Waals surface area contributed by atoms with E-state index >= 15 is 0 Å². The van der Waals surface area contributed by atoms with Crippen LogP contribution in [0.25, 0.3) is 0 Å². The highest BCUT2D eigenvalue weighted by atomic mass is 127. The molecular formula is C18H13F5IS2+. The summed E-state index contributed by atoms with van der Waals surface area (Å²) in [6, 6.07) is 19.7. The van der Waals surface area contributed by atoms with Gasteiger partial charge in [0.2, 0.25) is 0 Å². The molecule has 1 atom stereocenters. The van der Waals surface area contributed by atoms with Crippen LogP contribution in [0.1, 0.15) is 0 Å². The molecular weight excluding hydrogens is 502 g/mol. The van der Waals surface area contributed by atoms with Crippen LogP contribution in [0.4, 0.5) is 19.4 Å². The third-order valence-corrected chi connectivity index (χ3v) is 7.59. The second-order valence-electron chi connectivity index (χ2n) is 5.52. The van der Waals surface area contributed by atoms with Crippen molar-refractivity contribution in [3.8, 4) is 0 Å². The zero-order valence-corrected chi connectivity index (χ0v) is 16.9. The van der Waals surface area contributed by atoms with E-state index < -0.39 is 26.0 Å². The van der Waals surface area contributed by atoms with E-state index in [1.54, 1.807) is 30.3 Å². The molecule has 0 spiro atoms. The molecule has 0 saturated heterocycles. The van der Waals surface area contributed by atoms with Gasteiger partial charge >= 0.3 is 10.2 Å². The summed E-state index contributed by atoms with van der Waals surface area (Å²) in [6.07, 6.45) is 0. The van der Waals surface area contributed by atoms with Crippen LogP contribution < -0.4 is 0 Å². The van der Waals surface area contributed by atoms with Gasteiger partial charge in [0.25, 0.3) is 0 Å². The maximum absolute atomic E-state index is 13.3. The molecule has 0 heterocycles. The van der Waals surface area contributed by atoms with Crippen molar-refractivity contribution in [2.75, 3.05) is 0 Å². The van der Waals surface area contributed by atoms with Gasteiger partial charge in [-0.1, -0.05) is 43.7 Å². The second-order valence-corrected chi connectivity index (χ2v) is 11.2. The van der Waals surface area contributed by atoms with Crippen LogP contribution in [-0.4, -0.2) is 0 Å². The van der Waals surface area contributed by atoms with Crippen molar-refractivity contribution < 1.29 is 19.4 Å². The molecule has 0 aliphatic heterocycles. The quantitative estimate of drug-likeness (QED) is 0.187. The van der Waals surface area contributed by atoms with Crippen LogP contribution in [0.15, 0.2) is 98.4 Å². The fourth-order valence-corrected chi connectivity index (χ4v) is 5.61. The highest BCUT2D eigenvalue weighted by Crippen LogP contribution is 3.02. The van der Waals surface area contributed by atoms with Crippen molar-refractivity contribution in [3.63, 3.8) is 0 Å². The van der Waals surface area contributed by atoms with Crippen molar-refractivity contribution in [1.82, 2.24) is 0 Å². The van der Waals surface area contributed by atoms with Gasteiger partial charge in [-0.05, 0) is 71.1 Å². The molecule has 0 aliphatic rings. The normalized spacial score (nSPS) is 15.8. The highest BCUT2D eigenvalue weighted by molar-refractivity contribution is 14.1. The van der Waals surface area contributed by atoms with Gasteiger partial charge in [-0.2, -0.15) is 0 Å². The second kappa shape index (κ2) is 6.13. The van der Waals surface area contributed by atoms with Gasteiger partial charge in [-0.3, -0.25) is 0 Å². The number of hydrogen-bond acceptors (Lipinski definition) is 0. The molecule has 0 amide bonds. The molecule has 0 fully saturated rings. The Morgan fingerprint density at radius 3 is 1.73 bits per heavy atom. The Hall–Kier alpha value is -1.26. The van der Waals surface area contributed by atoms with Gasteiger partial charge in [0.15, 0.2) is 14.7 Å². The maximum Gasteiger partial charge on any atom is 0.310 e. The fourth-order valence-electron chi connectivity index (χ4n) is 2.38. The standard InChI is InChI=1S/C18H13F5IS2/c19-26(20,21,22,23)18-8-4-7-17(13-18)25(15-5-2-1-3-6-15)16-11-9-14(24)10-12-16/h1-13H/q+1. The smallest absolute Gasteiger partial charge is 0.0936 e. The van der Waals surface area contributed by atoms with Crippen LogP contribution in [-0.2, 0) is 10.9 Å². The van der Waals surface area contributed by atoms with Crippen LogP contribution in [0.2, 0.25) is 0 Å². The Kier molecular flexibility index (Phi) is 4.60. The predicted molar refractivity (Wildman–Crippen MR) is 106 cm³/mol. The third kappa shape index (κ3) is 4.52. The van der Waals surface area contributed by atoms with Crippen LogP contribution in [0.3, 0.4) is 0 Å². The lowest BCUT2D eigenvalue weighted by molar-refractivity contribution is 0.363. The van der Waals surface area contributed by atoms with E-state index in [1.165, 1.54) is 6.07 Å². The van der Waals surface area contributed by atoms with Gasteiger partial charge in [-0.25, -0.2) is 0 Å². The van der Waals surface area contributed by atoms with E-state index in [-0.39, 0.29) is 4.90 Å². The first-order chi connectivity index (χ1) is 11.9. The number of benzene rings is 3. The number of hydrogen-bond donors (Lipinski definition) is 0. The topological polar surface area (TPSA) is 0 Å². The zero-order valence-electron chi connectivity index (χ0n) is 13.1. The Labute approximate surface area is 164 Å². The van der Waals surface area contributed by atoms with E-state index in [1.807, 2.05) is 24.3 Å². The van der Waals surface area contributed by atoms with Crippen molar-refractivity contribution in [3.05, 3.63) is 82.4 Å². The summed E-state index contributed by atoms with van der Waals surface area (Å²) in [4.78, 5) is -0.145. The molecule has 0 aliphatic carbocycles. The minimum atomic E-state index is -9.73.